The number of hydrogen-bond donors (Lipinski definition) is 1. The molecule has 2 amide bonds. The second-order valence-electron chi connectivity index (χ2n) is 6.11. The Kier molecular flexibility index (Phi) is 3.75. The van der Waals surface area contributed by atoms with Crippen molar-refractivity contribution < 1.29 is 24.3 Å². The zero-order valence-corrected chi connectivity index (χ0v) is 12.5. The highest BCUT2D eigenvalue weighted by atomic mass is 16.4. The van der Waals surface area contributed by atoms with Crippen molar-refractivity contribution in [2.45, 2.75) is 32.2 Å². The fourth-order valence-electron chi connectivity index (χ4n) is 3.63. The number of rotatable bonds is 4. The van der Waals surface area contributed by atoms with Crippen LogP contribution in [-0.2, 0) is 25.7 Å². The lowest BCUT2D eigenvalue weighted by molar-refractivity contribution is -0.161. The Morgan fingerprint density at radius 1 is 1.22 bits per heavy atom. The lowest BCUT2D eigenvalue weighted by Crippen LogP contribution is -2.45. The van der Waals surface area contributed by atoms with Gasteiger partial charge in [-0.15, -0.1) is 0 Å². The number of ketones is 1. The van der Waals surface area contributed by atoms with Crippen molar-refractivity contribution in [1.82, 2.24) is 4.90 Å². The lowest BCUT2D eigenvalue weighted by atomic mass is 9.72. The highest BCUT2D eigenvalue weighted by molar-refractivity contribution is 6.13. The van der Waals surface area contributed by atoms with Gasteiger partial charge in [0.05, 0.1) is 12.5 Å². The van der Waals surface area contributed by atoms with Gasteiger partial charge in [-0.05, 0) is 18.4 Å². The molecule has 2 aliphatic rings. The number of hydrogen-bond acceptors (Lipinski definition) is 4. The van der Waals surface area contributed by atoms with E-state index in [4.69, 9.17) is 0 Å². The molecule has 6 heteroatoms. The van der Waals surface area contributed by atoms with E-state index in [9.17, 15) is 24.3 Å². The predicted octanol–water partition coefficient (Wildman–Crippen LogP) is 1.39. The van der Waals surface area contributed by atoms with Crippen LogP contribution in [0.15, 0.2) is 30.3 Å². The molecule has 1 saturated heterocycles. The third-order valence-corrected chi connectivity index (χ3v) is 4.88. The molecule has 1 N–H and O–H groups in total. The molecule has 6 nitrogen and oxygen atoms in total. The molecule has 23 heavy (non-hydrogen) atoms. The fourth-order valence-corrected chi connectivity index (χ4v) is 3.63. The third kappa shape index (κ3) is 2.34. The average molecular weight is 315 g/mol. The van der Waals surface area contributed by atoms with E-state index in [1.165, 1.54) is 0 Å². The van der Waals surface area contributed by atoms with Crippen molar-refractivity contribution in [3.8, 4) is 0 Å². The number of nitrogens with zero attached hydrogens (tertiary/aromatic N) is 1. The number of amides is 2. The molecule has 0 aromatic heterocycles. The van der Waals surface area contributed by atoms with Crippen LogP contribution in [0.25, 0.3) is 0 Å². The van der Waals surface area contributed by atoms with Gasteiger partial charge in [0, 0.05) is 12.8 Å². The summed E-state index contributed by atoms with van der Waals surface area (Å²) in [5, 5.41) is 9.57. The number of carbonyl (C=O) groups excluding carboxylic acids is 3. The predicted molar refractivity (Wildman–Crippen MR) is 79.0 cm³/mol. The van der Waals surface area contributed by atoms with Crippen LogP contribution in [0.4, 0.5) is 0 Å². The summed E-state index contributed by atoms with van der Waals surface area (Å²) < 4.78 is 0. The average Bonchev–Trinajstić information content (AvgIpc) is 3.04. The molecule has 2 atom stereocenters. The summed E-state index contributed by atoms with van der Waals surface area (Å²) in [5.74, 6) is -3.75. The van der Waals surface area contributed by atoms with Crippen molar-refractivity contribution in [3.63, 3.8) is 0 Å². The van der Waals surface area contributed by atoms with E-state index in [-0.39, 0.29) is 25.8 Å². The number of benzene rings is 1. The van der Waals surface area contributed by atoms with E-state index < -0.39 is 34.9 Å². The van der Waals surface area contributed by atoms with Crippen molar-refractivity contribution in [2.24, 2.45) is 11.3 Å². The first-order valence-electron chi connectivity index (χ1n) is 7.61. The minimum absolute atomic E-state index is 0.110. The molecule has 2 fully saturated rings. The largest absolute Gasteiger partial charge is 0.480 e. The Hall–Kier alpha value is -2.50. The van der Waals surface area contributed by atoms with Crippen LogP contribution < -0.4 is 0 Å². The summed E-state index contributed by atoms with van der Waals surface area (Å²) in [5.41, 5.74) is -0.935. The maximum atomic E-state index is 12.7. The third-order valence-electron chi connectivity index (χ3n) is 4.88. The molecule has 1 heterocycles. The van der Waals surface area contributed by atoms with Gasteiger partial charge in [-0.3, -0.25) is 24.1 Å². The molecule has 0 spiro atoms. The quantitative estimate of drug-likeness (QED) is 0.669. The molecule has 1 unspecified atom stereocenters. The fraction of sp³-hybridized carbons (Fsp3) is 0.412. The molecule has 1 aromatic carbocycles. The second kappa shape index (κ2) is 5.61. The number of carboxylic acid groups (broad SMARTS) is 1. The number of imide groups is 1. The minimum atomic E-state index is -1.72. The van der Waals surface area contributed by atoms with Gasteiger partial charge in [0.1, 0.15) is 5.41 Å². The summed E-state index contributed by atoms with van der Waals surface area (Å²) in [6, 6.07) is 9.02. The summed E-state index contributed by atoms with van der Waals surface area (Å²) in [4.78, 5) is 49.9. The van der Waals surface area contributed by atoms with E-state index in [1.54, 1.807) is 24.3 Å². The molecular formula is C17H17NO5. The standard InChI is InChI=1S/C17H17NO5/c19-13-7-4-8-17(13,16(22)23)12-9-14(20)18(15(12)21)10-11-5-2-1-3-6-11/h1-3,5-6,12H,4,7-10H2,(H,22,23)/t12?,17-/m1/s1. The first-order valence-corrected chi connectivity index (χ1v) is 7.61. The van der Waals surface area contributed by atoms with Crippen LogP contribution >= 0.6 is 0 Å². The number of carbonyl (C=O) groups is 4. The molecule has 0 bridgehead atoms. The summed E-state index contributed by atoms with van der Waals surface area (Å²) in [7, 11) is 0. The van der Waals surface area contributed by atoms with Crippen LogP contribution in [0.2, 0.25) is 0 Å². The normalized spacial score (nSPS) is 27.7. The zero-order chi connectivity index (χ0) is 16.6. The van der Waals surface area contributed by atoms with E-state index in [0.29, 0.717) is 6.42 Å². The van der Waals surface area contributed by atoms with Gasteiger partial charge in [0.25, 0.3) is 0 Å². The smallest absolute Gasteiger partial charge is 0.318 e. The van der Waals surface area contributed by atoms with Gasteiger partial charge in [-0.2, -0.15) is 0 Å². The summed E-state index contributed by atoms with van der Waals surface area (Å²) >= 11 is 0. The van der Waals surface area contributed by atoms with Crippen molar-refractivity contribution >= 4 is 23.6 Å². The minimum Gasteiger partial charge on any atom is -0.480 e. The second-order valence-corrected chi connectivity index (χ2v) is 6.11. The Bertz CT molecular complexity index is 683. The number of carboxylic acids is 1. The van der Waals surface area contributed by atoms with Gasteiger partial charge in [0.15, 0.2) is 5.78 Å². The van der Waals surface area contributed by atoms with Crippen LogP contribution in [-0.4, -0.2) is 33.6 Å². The molecule has 1 aliphatic heterocycles. The molecule has 120 valence electrons. The molecular weight excluding hydrogens is 298 g/mol. The summed E-state index contributed by atoms with van der Waals surface area (Å²) in [6.45, 7) is 0.110. The van der Waals surface area contributed by atoms with Gasteiger partial charge in [-0.25, -0.2) is 0 Å². The lowest BCUT2D eigenvalue weighted by Gasteiger charge is -2.27. The molecule has 3 rings (SSSR count). The first-order chi connectivity index (χ1) is 11.0. The Morgan fingerprint density at radius 3 is 2.48 bits per heavy atom. The molecule has 1 aromatic rings. The van der Waals surface area contributed by atoms with Crippen molar-refractivity contribution in [1.29, 1.82) is 0 Å². The van der Waals surface area contributed by atoms with Crippen LogP contribution in [0, 0.1) is 11.3 Å². The van der Waals surface area contributed by atoms with Gasteiger partial charge in [0.2, 0.25) is 11.8 Å². The SMILES string of the molecule is O=C1CC([C@]2(C(=O)O)CCCC2=O)C(=O)N1Cc1ccccc1. The maximum Gasteiger partial charge on any atom is 0.318 e. The zero-order valence-electron chi connectivity index (χ0n) is 12.5. The van der Waals surface area contributed by atoms with Gasteiger partial charge < -0.3 is 5.11 Å². The Morgan fingerprint density at radius 2 is 1.91 bits per heavy atom. The monoisotopic (exact) mass is 315 g/mol. The van der Waals surface area contributed by atoms with E-state index in [1.807, 2.05) is 6.07 Å². The first kappa shape index (κ1) is 15.4. The van der Waals surface area contributed by atoms with Crippen molar-refractivity contribution in [2.75, 3.05) is 0 Å². The van der Waals surface area contributed by atoms with Crippen LogP contribution in [0.1, 0.15) is 31.2 Å². The van der Waals surface area contributed by atoms with Crippen LogP contribution in [0.3, 0.4) is 0 Å². The van der Waals surface area contributed by atoms with Gasteiger partial charge in [-0.1, -0.05) is 30.3 Å². The topological polar surface area (TPSA) is 91.7 Å². The number of likely N-dealkylation sites (tertiary alicyclic amines) is 1. The van der Waals surface area contributed by atoms with E-state index >= 15 is 0 Å². The highest BCUT2D eigenvalue weighted by Crippen LogP contribution is 2.46. The Labute approximate surface area is 133 Å². The van der Waals surface area contributed by atoms with E-state index in [0.717, 1.165) is 10.5 Å². The molecule has 1 aliphatic carbocycles. The molecule has 0 radical (unpaired) electrons. The molecule has 1 saturated carbocycles. The van der Waals surface area contributed by atoms with E-state index in [2.05, 4.69) is 0 Å². The van der Waals surface area contributed by atoms with Crippen LogP contribution in [0.5, 0.6) is 0 Å². The Balaban J connectivity index is 1.89. The number of aliphatic carboxylic acids is 1. The highest BCUT2D eigenvalue weighted by Gasteiger charge is 2.61. The van der Waals surface area contributed by atoms with Crippen molar-refractivity contribution in [3.05, 3.63) is 35.9 Å². The maximum absolute atomic E-state index is 12.7. The number of Topliss-reactive ketones (excluding diaryl/α,β-unsaturated/α-hetero) is 1. The van der Waals surface area contributed by atoms with Gasteiger partial charge >= 0.3 is 5.97 Å². The summed E-state index contributed by atoms with van der Waals surface area (Å²) in [6.07, 6.45) is 0.526.